The van der Waals surface area contributed by atoms with Crippen molar-refractivity contribution in [3.05, 3.63) is 70.2 Å². The number of amides is 1. The van der Waals surface area contributed by atoms with Crippen LogP contribution in [-0.4, -0.2) is 43.5 Å². The van der Waals surface area contributed by atoms with Crippen LogP contribution < -0.4 is 5.32 Å². The summed E-state index contributed by atoms with van der Waals surface area (Å²) in [7, 11) is 0. The lowest BCUT2D eigenvalue weighted by Gasteiger charge is -2.31. The van der Waals surface area contributed by atoms with Gasteiger partial charge in [0, 0.05) is 42.5 Å². The van der Waals surface area contributed by atoms with Crippen molar-refractivity contribution in [2.75, 3.05) is 13.1 Å². The summed E-state index contributed by atoms with van der Waals surface area (Å²) in [6.07, 6.45) is 5.46. The van der Waals surface area contributed by atoms with Crippen LogP contribution >= 0.6 is 11.5 Å². The molecule has 0 saturated carbocycles. The van der Waals surface area contributed by atoms with Gasteiger partial charge in [-0.2, -0.15) is 0 Å². The highest BCUT2D eigenvalue weighted by molar-refractivity contribution is 7.03. The highest BCUT2D eigenvalue weighted by atomic mass is 32.1. The van der Waals surface area contributed by atoms with Crippen LogP contribution in [0.25, 0.3) is 0 Å². The van der Waals surface area contributed by atoms with Gasteiger partial charge in [-0.05, 0) is 68.1 Å². The fourth-order valence-corrected chi connectivity index (χ4v) is 4.15. The van der Waals surface area contributed by atoms with Crippen molar-refractivity contribution in [2.45, 2.75) is 38.8 Å². The molecule has 0 atom stereocenters. The molecule has 3 aromatic heterocycles. The topological polar surface area (TPSA) is 83.9 Å². The monoisotopic (exact) mass is 408 g/mol. The van der Waals surface area contributed by atoms with Gasteiger partial charge in [-0.15, -0.1) is 5.10 Å². The summed E-state index contributed by atoms with van der Waals surface area (Å²) in [6.45, 7) is 5.21. The molecule has 3 aromatic rings. The number of nitrogens with zero attached hydrogens (tertiary/aromatic N) is 5. The first-order chi connectivity index (χ1) is 14.2. The first-order valence-corrected chi connectivity index (χ1v) is 10.7. The summed E-state index contributed by atoms with van der Waals surface area (Å²) in [5.74, 6) is 0.214. The lowest BCUT2D eigenvalue weighted by molar-refractivity contribution is 0.0948. The first-order valence-electron chi connectivity index (χ1n) is 9.82. The largest absolute Gasteiger partial charge is 0.348 e. The summed E-state index contributed by atoms with van der Waals surface area (Å²) >= 11 is 1.39. The zero-order valence-electron chi connectivity index (χ0n) is 16.4. The van der Waals surface area contributed by atoms with Crippen LogP contribution in [0.3, 0.4) is 0 Å². The van der Waals surface area contributed by atoms with Crippen molar-refractivity contribution in [3.63, 3.8) is 0 Å². The van der Waals surface area contributed by atoms with Crippen molar-refractivity contribution in [1.82, 2.24) is 29.8 Å². The Hall–Kier alpha value is -2.71. The minimum absolute atomic E-state index is 0.0765. The molecule has 0 bridgehead atoms. The number of aryl methyl sites for hydroxylation is 1. The normalized spacial score (nSPS) is 15.3. The number of hydrogen-bond acceptors (Lipinski definition) is 7. The average molecular weight is 409 g/mol. The number of pyridine rings is 2. The fraction of sp³-hybridized carbons (Fsp3) is 0.381. The molecule has 0 spiro atoms. The molecule has 0 aliphatic carbocycles. The molecule has 29 heavy (non-hydrogen) atoms. The second-order valence-electron chi connectivity index (χ2n) is 7.38. The van der Waals surface area contributed by atoms with Crippen LogP contribution in [0.4, 0.5) is 0 Å². The van der Waals surface area contributed by atoms with E-state index in [1.165, 1.54) is 11.5 Å². The van der Waals surface area contributed by atoms with E-state index < -0.39 is 0 Å². The number of likely N-dealkylation sites (tertiary alicyclic amines) is 1. The van der Waals surface area contributed by atoms with Crippen LogP contribution in [0, 0.1) is 6.92 Å². The molecule has 0 aromatic carbocycles. The van der Waals surface area contributed by atoms with Gasteiger partial charge >= 0.3 is 0 Å². The van der Waals surface area contributed by atoms with E-state index >= 15 is 0 Å². The number of carbonyl (C=O) groups excluding carboxylic acids is 1. The number of rotatable bonds is 6. The van der Waals surface area contributed by atoms with Crippen molar-refractivity contribution >= 4 is 17.4 Å². The first kappa shape index (κ1) is 19.6. The van der Waals surface area contributed by atoms with E-state index in [1.807, 2.05) is 36.6 Å². The molecule has 1 saturated heterocycles. The molecule has 1 amide bonds. The molecule has 1 aliphatic rings. The minimum Gasteiger partial charge on any atom is -0.348 e. The zero-order chi connectivity index (χ0) is 20.1. The van der Waals surface area contributed by atoms with Gasteiger partial charge in [-0.25, -0.2) is 0 Å². The molecule has 4 rings (SSSR count). The predicted octanol–water partition coefficient (Wildman–Crippen LogP) is 2.95. The summed E-state index contributed by atoms with van der Waals surface area (Å²) < 4.78 is 3.94. The Morgan fingerprint density at radius 1 is 1.28 bits per heavy atom. The minimum atomic E-state index is -0.0765. The Kier molecular flexibility index (Phi) is 6.21. The van der Waals surface area contributed by atoms with E-state index in [1.54, 1.807) is 12.4 Å². The second-order valence-corrected chi connectivity index (χ2v) is 7.99. The molecule has 150 valence electrons. The van der Waals surface area contributed by atoms with Crippen molar-refractivity contribution in [1.29, 1.82) is 0 Å². The Morgan fingerprint density at radius 3 is 2.86 bits per heavy atom. The van der Waals surface area contributed by atoms with E-state index in [0.29, 0.717) is 18.0 Å². The third-order valence-corrected chi connectivity index (χ3v) is 5.80. The van der Waals surface area contributed by atoms with E-state index in [0.717, 1.165) is 55.1 Å². The number of hydrogen-bond donors (Lipinski definition) is 1. The van der Waals surface area contributed by atoms with Gasteiger partial charge in [-0.1, -0.05) is 10.6 Å². The SMILES string of the molecule is Cc1ccc(C(=O)NCc2cccnc2)c(C2CCN(Cc3csnn3)CC2)n1. The Balaban J connectivity index is 1.42. The van der Waals surface area contributed by atoms with Crippen molar-refractivity contribution in [3.8, 4) is 0 Å². The molecular formula is C21H24N6OS. The van der Waals surface area contributed by atoms with Gasteiger partial charge in [0.25, 0.3) is 5.91 Å². The molecule has 7 nitrogen and oxygen atoms in total. The van der Waals surface area contributed by atoms with E-state index in [4.69, 9.17) is 4.98 Å². The van der Waals surface area contributed by atoms with Gasteiger partial charge in [0.1, 0.15) is 0 Å². The number of carbonyl (C=O) groups is 1. The Bertz CT molecular complexity index is 939. The van der Waals surface area contributed by atoms with Crippen LogP contribution in [0.2, 0.25) is 0 Å². The average Bonchev–Trinajstić information content (AvgIpc) is 3.26. The molecule has 4 heterocycles. The summed E-state index contributed by atoms with van der Waals surface area (Å²) in [6, 6.07) is 7.64. The highest BCUT2D eigenvalue weighted by Crippen LogP contribution is 2.30. The molecular weight excluding hydrogens is 384 g/mol. The quantitative estimate of drug-likeness (QED) is 0.675. The predicted molar refractivity (Wildman–Crippen MR) is 112 cm³/mol. The maximum absolute atomic E-state index is 12.9. The molecule has 1 aliphatic heterocycles. The standard InChI is InChI=1S/C21H24N6OS/c1-15-4-5-19(21(28)23-12-16-3-2-8-22-11-16)20(24-15)17-6-9-27(10-7-17)13-18-14-29-26-25-18/h2-5,8,11,14,17H,6-7,9-10,12-13H2,1H3,(H,23,28). The van der Waals surface area contributed by atoms with Gasteiger partial charge in [0.2, 0.25) is 0 Å². The van der Waals surface area contributed by atoms with Crippen LogP contribution in [0.5, 0.6) is 0 Å². The van der Waals surface area contributed by atoms with Crippen LogP contribution in [0.1, 0.15) is 51.8 Å². The second kappa shape index (κ2) is 9.19. The van der Waals surface area contributed by atoms with Crippen molar-refractivity contribution in [2.24, 2.45) is 0 Å². The molecule has 1 N–H and O–H groups in total. The smallest absolute Gasteiger partial charge is 0.253 e. The highest BCUT2D eigenvalue weighted by Gasteiger charge is 2.26. The van der Waals surface area contributed by atoms with Crippen LogP contribution in [-0.2, 0) is 13.1 Å². The fourth-order valence-electron chi connectivity index (χ4n) is 3.71. The van der Waals surface area contributed by atoms with Gasteiger partial charge < -0.3 is 5.32 Å². The third kappa shape index (κ3) is 5.02. The summed E-state index contributed by atoms with van der Waals surface area (Å²) in [5.41, 5.74) is 4.55. The van der Waals surface area contributed by atoms with E-state index in [9.17, 15) is 4.79 Å². The maximum atomic E-state index is 12.9. The van der Waals surface area contributed by atoms with E-state index in [2.05, 4.69) is 24.8 Å². The lowest BCUT2D eigenvalue weighted by atomic mass is 9.89. The van der Waals surface area contributed by atoms with Crippen LogP contribution in [0.15, 0.2) is 42.0 Å². The summed E-state index contributed by atoms with van der Waals surface area (Å²) in [4.78, 5) is 24.1. The Morgan fingerprint density at radius 2 is 2.14 bits per heavy atom. The van der Waals surface area contributed by atoms with Gasteiger partial charge in [0.15, 0.2) is 0 Å². The summed E-state index contributed by atoms with van der Waals surface area (Å²) in [5, 5.41) is 9.15. The zero-order valence-corrected chi connectivity index (χ0v) is 17.2. The molecule has 1 fully saturated rings. The Labute approximate surface area is 174 Å². The van der Waals surface area contributed by atoms with E-state index in [-0.39, 0.29) is 5.91 Å². The molecule has 8 heteroatoms. The van der Waals surface area contributed by atoms with Crippen molar-refractivity contribution < 1.29 is 4.79 Å². The molecule has 0 radical (unpaired) electrons. The lowest BCUT2D eigenvalue weighted by Crippen LogP contribution is -2.34. The number of nitrogens with one attached hydrogen (secondary N) is 1. The maximum Gasteiger partial charge on any atom is 0.253 e. The number of piperidine rings is 1. The van der Waals surface area contributed by atoms with Gasteiger partial charge in [0.05, 0.1) is 17.0 Å². The number of aromatic nitrogens is 4. The third-order valence-electron chi connectivity index (χ3n) is 5.25. The van der Waals surface area contributed by atoms with Gasteiger partial charge in [-0.3, -0.25) is 19.7 Å². The molecule has 0 unspecified atom stereocenters.